The van der Waals surface area contributed by atoms with Gasteiger partial charge in [0.1, 0.15) is 16.8 Å². The van der Waals surface area contributed by atoms with Crippen molar-refractivity contribution in [2.45, 2.75) is 135 Å². The molecule has 12 heteroatoms. The number of allylic oxidation sites excluding steroid dienone is 8. The lowest BCUT2D eigenvalue weighted by atomic mass is 9.80. The predicted molar refractivity (Wildman–Crippen MR) is 246 cm³/mol. The molecule has 61 heavy (non-hydrogen) atoms. The Morgan fingerprint density at radius 1 is 0.852 bits per heavy atom. The molecule has 6 rings (SSSR count). The maximum Gasteiger partial charge on any atom is 0.327 e. The molecule has 0 fully saturated rings. The van der Waals surface area contributed by atoms with Gasteiger partial charge in [-0.05, 0) is 135 Å². The molecule has 2 aromatic carbocycles. The Morgan fingerprint density at radius 3 is 2.34 bits per heavy atom. The molecule has 0 bridgehead atoms. The Morgan fingerprint density at radius 2 is 1.62 bits per heavy atom. The number of rotatable bonds is 18. The van der Waals surface area contributed by atoms with E-state index < -0.39 is 25.7 Å². The van der Waals surface area contributed by atoms with Gasteiger partial charge in [0.2, 0.25) is 0 Å². The average molecular weight is 871 g/mol. The number of hydrogen-bond acceptors (Lipinski definition) is 7. The van der Waals surface area contributed by atoms with Crippen molar-refractivity contribution in [3.05, 3.63) is 118 Å². The second-order valence-corrected chi connectivity index (χ2v) is 20.8. The van der Waals surface area contributed by atoms with Gasteiger partial charge in [-0.15, -0.1) is 0 Å². The van der Waals surface area contributed by atoms with Gasteiger partial charge < -0.3 is 9.64 Å². The van der Waals surface area contributed by atoms with Gasteiger partial charge in [-0.3, -0.25) is 9.11 Å². The van der Waals surface area contributed by atoms with E-state index in [2.05, 4.69) is 100 Å². The second-order valence-electron chi connectivity index (χ2n) is 17.8. The molecule has 0 radical (unpaired) electrons. The first kappa shape index (κ1) is 46.2. The number of unbranched alkanes of at least 4 members (excludes halogenated alkanes) is 4. The summed E-state index contributed by atoms with van der Waals surface area (Å²) in [4.78, 5) is 7.31. The van der Waals surface area contributed by atoms with Crippen molar-refractivity contribution in [2.24, 2.45) is 4.99 Å². The van der Waals surface area contributed by atoms with Crippen molar-refractivity contribution in [1.82, 2.24) is 0 Å². The number of pyridine rings is 1. The zero-order chi connectivity index (χ0) is 44.2. The molecule has 2 N–H and O–H groups in total. The van der Waals surface area contributed by atoms with Gasteiger partial charge in [0, 0.05) is 23.3 Å². The quantitative estimate of drug-likeness (QED) is 0.0732. The van der Waals surface area contributed by atoms with Crippen molar-refractivity contribution in [3.63, 3.8) is 0 Å². The summed E-state index contributed by atoms with van der Waals surface area (Å²) in [6.45, 7) is 16.8. The molecule has 3 aromatic rings. The van der Waals surface area contributed by atoms with Gasteiger partial charge >= 0.3 is 5.82 Å². The molecule has 0 amide bonds. The summed E-state index contributed by atoms with van der Waals surface area (Å²) in [5.74, 6) is 1.27. The van der Waals surface area contributed by atoms with Gasteiger partial charge in [-0.2, -0.15) is 16.8 Å². The molecule has 2 aliphatic heterocycles. The number of anilines is 1. The normalized spacial score (nSPS) is 18.6. The van der Waals surface area contributed by atoms with E-state index in [1.54, 1.807) is 6.07 Å². The van der Waals surface area contributed by atoms with Crippen LogP contribution < -0.4 is 14.2 Å². The first-order valence-corrected chi connectivity index (χ1v) is 24.9. The fourth-order valence-corrected chi connectivity index (χ4v) is 9.93. The zero-order valence-electron chi connectivity index (χ0n) is 37.0. The Balaban J connectivity index is 1.45. The fraction of sp³-hybridized carbons (Fsp3) is 0.469. The van der Waals surface area contributed by atoms with Crippen molar-refractivity contribution in [3.8, 4) is 5.75 Å². The molecule has 0 unspecified atom stereocenters. The largest absolute Gasteiger partial charge is 0.494 e. The number of benzene rings is 2. The van der Waals surface area contributed by atoms with Gasteiger partial charge in [-0.1, -0.05) is 88.9 Å². The summed E-state index contributed by atoms with van der Waals surface area (Å²) < 4.78 is 75.5. The van der Waals surface area contributed by atoms with Crippen LogP contribution in [0.5, 0.6) is 5.75 Å². The van der Waals surface area contributed by atoms with Crippen LogP contribution in [0.4, 0.5) is 11.5 Å². The Kier molecular flexibility index (Phi) is 14.3. The maximum absolute atomic E-state index is 12.4. The average Bonchev–Trinajstić information content (AvgIpc) is 3.58. The smallest absolute Gasteiger partial charge is 0.327 e. The van der Waals surface area contributed by atoms with E-state index in [-0.39, 0.29) is 16.1 Å². The van der Waals surface area contributed by atoms with Crippen molar-refractivity contribution >= 4 is 43.0 Å². The maximum atomic E-state index is 12.4. The van der Waals surface area contributed by atoms with E-state index in [0.717, 1.165) is 96.5 Å². The lowest BCUT2D eigenvalue weighted by Gasteiger charge is -2.28. The predicted octanol–water partition coefficient (Wildman–Crippen LogP) is 10.7. The summed E-state index contributed by atoms with van der Waals surface area (Å²) in [5.41, 5.74) is 9.83. The number of aryl methyl sites for hydroxylation is 2. The SMILES string of the molecule is CCCCCOc1cccc(C2=C(/C=C/C3=Nc4c(cc(S(=O)(=O)O)c[n+]4CCCC)C3(C)C)CCC/C2=C\C=C2\N(CCCCS(=O)(=O)O)c3ccc(C)cc3C2(C)C)c1. The van der Waals surface area contributed by atoms with E-state index in [0.29, 0.717) is 38.4 Å². The molecular weight excluding hydrogens is 807 g/mol. The summed E-state index contributed by atoms with van der Waals surface area (Å²) in [6, 6.07) is 16.4. The number of hydrogen-bond donors (Lipinski definition) is 2. The summed E-state index contributed by atoms with van der Waals surface area (Å²) >= 11 is 0. The second kappa shape index (κ2) is 18.9. The third-order valence-electron chi connectivity index (χ3n) is 12.3. The molecule has 0 saturated carbocycles. The minimum Gasteiger partial charge on any atom is -0.494 e. The Bertz CT molecular complexity index is 2510. The summed E-state index contributed by atoms with van der Waals surface area (Å²) in [5, 5.41) is 0. The molecule has 10 nitrogen and oxygen atoms in total. The number of nitrogens with zero attached hydrogens (tertiary/aromatic N) is 3. The molecule has 0 atom stereocenters. The molecule has 0 saturated heterocycles. The van der Waals surface area contributed by atoms with Crippen molar-refractivity contribution < 1.29 is 35.2 Å². The lowest BCUT2D eigenvalue weighted by Crippen LogP contribution is -2.36. The molecule has 3 aliphatic rings. The van der Waals surface area contributed by atoms with Crippen LogP contribution in [0.1, 0.15) is 128 Å². The molecule has 0 spiro atoms. The van der Waals surface area contributed by atoms with E-state index >= 15 is 0 Å². The van der Waals surface area contributed by atoms with E-state index in [4.69, 9.17) is 9.73 Å². The Labute approximate surface area is 364 Å². The van der Waals surface area contributed by atoms with Crippen LogP contribution in [0, 0.1) is 6.92 Å². The van der Waals surface area contributed by atoms with Gasteiger partial charge in [-0.25, -0.2) is 4.57 Å². The topological polar surface area (TPSA) is 137 Å². The number of aliphatic imine (C=N–C) groups is 1. The standard InChI is InChI=1S/C49H63N3O7S2/c1-8-10-13-29-59-39-20-16-19-38(32-39)46-36(22-25-44-48(4,5)42-33-40(61(56,57)58)34-51(27-11-9-2)47(42)50-44)17-15-18-37(46)23-26-45-49(6,7)41-31-35(3)21-24-43(41)52(45)28-12-14-30-60(53,54)55/h16,19-26,31-34H,8-15,17-18,27-30H2,1-7H3,(H-,53,54,55,56,57,58)/p+1. The first-order chi connectivity index (χ1) is 28.8. The van der Waals surface area contributed by atoms with Crippen molar-refractivity contribution in [1.29, 1.82) is 0 Å². The van der Waals surface area contributed by atoms with Gasteiger partial charge in [0.25, 0.3) is 20.2 Å². The van der Waals surface area contributed by atoms with Crippen LogP contribution in [0.3, 0.4) is 0 Å². The van der Waals surface area contributed by atoms with E-state index in [1.165, 1.54) is 22.9 Å². The minimum atomic E-state index is -4.43. The van der Waals surface area contributed by atoms with Gasteiger partial charge in [0.05, 0.1) is 29.9 Å². The Hall–Kier alpha value is -4.36. The van der Waals surface area contributed by atoms with Crippen LogP contribution in [-0.2, 0) is 37.6 Å². The van der Waals surface area contributed by atoms with Crippen LogP contribution in [0.15, 0.2) is 106 Å². The van der Waals surface area contributed by atoms with Crippen LogP contribution in [0.2, 0.25) is 0 Å². The van der Waals surface area contributed by atoms with Crippen LogP contribution >= 0.6 is 0 Å². The number of fused-ring (bicyclic) bond motifs is 2. The first-order valence-electron chi connectivity index (χ1n) is 21.9. The highest BCUT2D eigenvalue weighted by Crippen LogP contribution is 2.49. The number of ether oxygens (including phenoxy) is 1. The summed E-state index contributed by atoms with van der Waals surface area (Å²) in [6.07, 6.45) is 18.8. The highest BCUT2D eigenvalue weighted by atomic mass is 32.2. The number of aromatic nitrogens is 1. The van der Waals surface area contributed by atoms with E-state index in [9.17, 15) is 25.9 Å². The highest BCUT2D eigenvalue weighted by Gasteiger charge is 2.44. The van der Waals surface area contributed by atoms with Crippen LogP contribution in [0.25, 0.3) is 5.57 Å². The molecule has 1 aliphatic carbocycles. The third-order valence-corrected chi connectivity index (χ3v) is 13.9. The molecule has 3 heterocycles. The fourth-order valence-electron chi connectivity index (χ4n) is 8.83. The van der Waals surface area contributed by atoms with Crippen LogP contribution in [-0.4, -0.2) is 50.6 Å². The van der Waals surface area contributed by atoms with Crippen molar-refractivity contribution in [2.75, 3.05) is 23.8 Å². The molecular formula is C49H64N3O7S2+. The molecule has 328 valence electrons. The highest BCUT2D eigenvalue weighted by molar-refractivity contribution is 7.86. The van der Waals surface area contributed by atoms with Gasteiger partial charge in [0.15, 0.2) is 5.71 Å². The third kappa shape index (κ3) is 10.6. The zero-order valence-corrected chi connectivity index (χ0v) is 38.6. The lowest BCUT2D eigenvalue weighted by molar-refractivity contribution is -0.686. The minimum absolute atomic E-state index is 0.130. The monoisotopic (exact) mass is 870 g/mol. The van der Waals surface area contributed by atoms with E-state index in [1.807, 2.05) is 24.5 Å². The summed E-state index contributed by atoms with van der Waals surface area (Å²) in [7, 11) is -8.47. The molecule has 1 aromatic heterocycles.